The average Bonchev–Trinajstić information content (AvgIpc) is 3.42. The van der Waals surface area contributed by atoms with Gasteiger partial charge in [-0.1, -0.05) is 17.8 Å². The molecule has 0 spiro atoms. The topological polar surface area (TPSA) is 70.6 Å². The van der Waals surface area contributed by atoms with Crippen molar-refractivity contribution < 1.29 is 0 Å². The lowest BCUT2D eigenvalue weighted by molar-refractivity contribution is 0.240. The van der Waals surface area contributed by atoms with Crippen LogP contribution in [0.3, 0.4) is 0 Å². The molecular formula is C23H24N6S. The molecule has 7 heteroatoms. The maximum Gasteiger partial charge on any atom is 0.191 e. The third kappa shape index (κ3) is 3.98. The van der Waals surface area contributed by atoms with Gasteiger partial charge in [0.1, 0.15) is 0 Å². The first kappa shape index (κ1) is 19.3. The van der Waals surface area contributed by atoms with Crippen LogP contribution in [0, 0.1) is 23.2 Å². The van der Waals surface area contributed by atoms with Crippen molar-refractivity contribution in [1.29, 1.82) is 5.26 Å². The van der Waals surface area contributed by atoms with Crippen molar-refractivity contribution in [3.8, 4) is 17.5 Å². The zero-order valence-electron chi connectivity index (χ0n) is 17.0. The first-order valence-corrected chi connectivity index (χ1v) is 11.4. The number of nitriles is 1. The van der Waals surface area contributed by atoms with Gasteiger partial charge in [0.05, 0.1) is 11.6 Å². The number of thioether (sulfide) groups is 1. The predicted octanol–water partition coefficient (Wildman–Crippen LogP) is 3.54. The Labute approximate surface area is 181 Å². The molecule has 2 aliphatic rings. The van der Waals surface area contributed by atoms with Crippen LogP contribution in [0.5, 0.6) is 0 Å². The molecular weight excluding hydrogens is 392 g/mol. The summed E-state index contributed by atoms with van der Waals surface area (Å²) in [7, 11) is 2.02. The molecule has 6 nitrogen and oxygen atoms in total. The minimum absolute atomic E-state index is 0.750. The number of pyridine rings is 1. The fourth-order valence-electron chi connectivity index (χ4n) is 4.28. The van der Waals surface area contributed by atoms with E-state index in [9.17, 15) is 0 Å². The van der Waals surface area contributed by atoms with Gasteiger partial charge < -0.3 is 4.57 Å². The molecule has 3 heterocycles. The van der Waals surface area contributed by atoms with E-state index in [1.807, 2.05) is 31.4 Å². The Bertz CT molecular complexity index is 1090. The summed E-state index contributed by atoms with van der Waals surface area (Å²) >= 11 is 1.81. The van der Waals surface area contributed by atoms with Crippen molar-refractivity contribution in [3.05, 3.63) is 59.4 Å². The van der Waals surface area contributed by atoms with Crippen molar-refractivity contribution in [1.82, 2.24) is 24.6 Å². The number of fused-ring (bicyclic) bond motifs is 1. The Hall–Kier alpha value is -2.69. The van der Waals surface area contributed by atoms with E-state index in [2.05, 4.69) is 42.9 Å². The van der Waals surface area contributed by atoms with Crippen LogP contribution in [0.1, 0.15) is 23.1 Å². The molecule has 0 amide bonds. The zero-order chi connectivity index (χ0) is 20.5. The molecule has 0 bridgehead atoms. The summed E-state index contributed by atoms with van der Waals surface area (Å²) in [4.78, 5) is 6.73. The standard InChI is InChI=1S/C23H24N6S/c1-28-22(18-3-2-7-25-12-18)26-27-23(28)30-15-21-10-20(21)14-29-8-6-17-5-4-16(11-24)9-19(17)13-29/h2-5,7,9,12,20-21H,6,8,10,13-15H2,1H3. The molecule has 1 saturated carbocycles. The maximum atomic E-state index is 9.15. The summed E-state index contributed by atoms with van der Waals surface area (Å²) in [6, 6.07) is 12.3. The summed E-state index contributed by atoms with van der Waals surface area (Å²) < 4.78 is 2.06. The van der Waals surface area contributed by atoms with E-state index >= 15 is 0 Å². The summed E-state index contributed by atoms with van der Waals surface area (Å²) in [5, 5.41) is 18.9. The highest BCUT2D eigenvalue weighted by Crippen LogP contribution is 2.43. The zero-order valence-corrected chi connectivity index (χ0v) is 17.8. The Balaban J connectivity index is 1.14. The molecule has 0 N–H and O–H groups in total. The lowest BCUT2D eigenvalue weighted by Gasteiger charge is -2.29. The quantitative estimate of drug-likeness (QED) is 0.573. The molecule has 3 aromatic rings. The average molecular weight is 417 g/mol. The van der Waals surface area contributed by atoms with Gasteiger partial charge in [-0.2, -0.15) is 5.26 Å². The molecule has 2 aromatic heterocycles. The fourth-order valence-corrected chi connectivity index (χ4v) is 5.43. The van der Waals surface area contributed by atoms with Gasteiger partial charge >= 0.3 is 0 Å². The summed E-state index contributed by atoms with van der Waals surface area (Å²) in [5.41, 5.74) is 4.49. The number of benzene rings is 1. The molecule has 5 rings (SSSR count). The van der Waals surface area contributed by atoms with E-state index in [1.165, 1.54) is 17.5 Å². The van der Waals surface area contributed by atoms with Gasteiger partial charge in [-0.25, -0.2) is 0 Å². The number of rotatable bonds is 6. The Morgan fingerprint density at radius 2 is 2.13 bits per heavy atom. The van der Waals surface area contributed by atoms with Crippen LogP contribution in [0.25, 0.3) is 11.4 Å². The number of aromatic nitrogens is 4. The molecule has 1 aliphatic carbocycles. The molecule has 2 atom stereocenters. The second-order valence-electron chi connectivity index (χ2n) is 8.25. The van der Waals surface area contributed by atoms with Crippen molar-refractivity contribution in [2.24, 2.45) is 18.9 Å². The highest BCUT2D eigenvalue weighted by molar-refractivity contribution is 7.99. The SMILES string of the molecule is Cn1c(SCC2CC2CN2CCc3ccc(C#N)cc3C2)nnc1-c1cccnc1. The Kier molecular flexibility index (Phi) is 5.28. The minimum Gasteiger partial charge on any atom is -0.305 e. The normalized spacial score (nSPS) is 20.5. The van der Waals surface area contributed by atoms with Gasteiger partial charge in [0, 0.05) is 50.4 Å². The highest BCUT2D eigenvalue weighted by Gasteiger charge is 2.38. The summed E-state index contributed by atoms with van der Waals surface area (Å²) in [6.45, 7) is 3.24. The van der Waals surface area contributed by atoms with Gasteiger partial charge in [0.2, 0.25) is 0 Å². The number of nitrogens with zero attached hydrogens (tertiary/aromatic N) is 6. The van der Waals surface area contributed by atoms with Crippen LogP contribution in [0.15, 0.2) is 47.9 Å². The fraction of sp³-hybridized carbons (Fsp3) is 0.391. The van der Waals surface area contributed by atoms with E-state index in [1.54, 1.807) is 18.0 Å². The van der Waals surface area contributed by atoms with Crippen LogP contribution >= 0.6 is 11.8 Å². The van der Waals surface area contributed by atoms with Crippen LogP contribution in [-0.4, -0.2) is 43.5 Å². The molecule has 30 heavy (non-hydrogen) atoms. The smallest absolute Gasteiger partial charge is 0.191 e. The molecule has 1 fully saturated rings. The van der Waals surface area contributed by atoms with Crippen molar-refractivity contribution >= 4 is 11.8 Å². The third-order valence-corrected chi connectivity index (χ3v) is 7.38. The summed E-state index contributed by atoms with van der Waals surface area (Å²) in [5.74, 6) is 3.47. The van der Waals surface area contributed by atoms with Gasteiger partial charge in [-0.3, -0.25) is 9.88 Å². The van der Waals surface area contributed by atoms with Crippen molar-refractivity contribution in [2.75, 3.05) is 18.8 Å². The third-order valence-electron chi connectivity index (χ3n) is 6.17. The predicted molar refractivity (Wildman–Crippen MR) is 117 cm³/mol. The van der Waals surface area contributed by atoms with Crippen LogP contribution in [0.2, 0.25) is 0 Å². The lowest BCUT2D eigenvalue weighted by atomic mass is 9.97. The molecule has 1 aliphatic heterocycles. The maximum absolute atomic E-state index is 9.15. The van der Waals surface area contributed by atoms with E-state index in [0.29, 0.717) is 0 Å². The number of hydrogen-bond acceptors (Lipinski definition) is 6. The molecule has 1 aromatic carbocycles. The van der Waals surface area contributed by atoms with Crippen molar-refractivity contribution in [3.63, 3.8) is 0 Å². The first-order chi connectivity index (χ1) is 14.7. The monoisotopic (exact) mass is 416 g/mol. The van der Waals surface area contributed by atoms with E-state index < -0.39 is 0 Å². The summed E-state index contributed by atoms with van der Waals surface area (Å²) in [6.07, 6.45) is 5.98. The van der Waals surface area contributed by atoms with Crippen molar-refractivity contribution in [2.45, 2.75) is 24.5 Å². The first-order valence-electron chi connectivity index (χ1n) is 10.4. The van der Waals surface area contributed by atoms with Gasteiger partial charge in [-0.05, 0) is 60.1 Å². The van der Waals surface area contributed by atoms with Crippen LogP contribution in [-0.2, 0) is 20.0 Å². The second-order valence-corrected chi connectivity index (χ2v) is 9.24. The Morgan fingerprint density at radius 3 is 2.97 bits per heavy atom. The van der Waals surface area contributed by atoms with Crippen LogP contribution < -0.4 is 0 Å². The molecule has 0 radical (unpaired) electrons. The van der Waals surface area contributed by atoms with Gasteiger partial charge in [-0.15, -0.1) is 10.2 Å². The number of hydrogen-bond donors (Lipinski definition) is 0. The van der Waals surface area contributed by atoms with Gasteiger partial charge in [0.25, 0.3) is 0 Å². The van der Waals surface area contributed by atoms with E-state index in [0.717, 1.165) is 65.8 Å². The van der Waals surface area contributed by atoms with E-state index in [4.69, 9.17) is 5.26 Å². The van der Waals surface area contributed by atoms with Crippen LogP contribution in [0.4, 0.5) is 0 Å². The molecule has 0 saturated heterocycles. The second kappa shape index (κ2) is 8.21. The van der Waals surface area contributed by atoms with E-state index in [-0.39, 0.29) is 0 Å². The molecule has 152 valence electrons. The lowest BCUT2D eigenvalue weighted by Crippen LogP contribution is -2.32. The highest BCUT2D eigenvalue weighted by atomic mass is 32.2. The Morgan fingerprint density at radius 1 is 1.20 bits per heavy atom. The largest absolute Gasteiger partial charge is 0.305 e. The van der Waals surface area contributed by atoms with Gasteiger partial charge in [0.15, 0.2) is 11.0 Å². The molecule has 2 unspecified atom stereocenters. The minimum atomic E-state index is 0.750.